The molecule has 1 amide bonds. The first-order chi connectivity index (χ1) is 10.8. The van der Waals surface area contributed by atoms with Crippen molar-refractivity contribution in [3.63, 3.8) is 0 Å². The van der Waals surface area contributed by atoms with Crippen LogP contribution in [0.15, 0.2) is 29.3 Å². The van der Waals surface area contributed by atoms with Crippen molar-refractivity contribution in [1.82, 2.24) is 10.6 Å². The Morgan fingerprint density at radius 1 is 1.26 bits per heavy atom. The van der Waals surface area contributed by atoms with Gasteiger partial charge in [0, 0.05) is 25.3 Å². The Hall–Kier alpha value is -1.31. The maximum Gasteiger partial charge on any atom is 0.248 e. The van der Waals surface area contributed by atoms with Crippen LogP contribution in [0.3, 0.4) is 0 Å². The molecule has 2 N–H and O–H groups in total. The molecule has 128 valence electrons. The summed E-state index contributed by atoms with van der Waals surface area (Å²) in [4.78, 5) is 18.8. The zero-order valence-corrected chi connectivity index (χ0v) is 16.3. The molecule has 1 aromatic rings. The number of hydrogen-bond donors (Lipinski definition) is 2. The number of guanidine groups is 1. The summed E-state index contributed by atoms with van der Waals surface area (Å²) in [5, 5.41) is 6.38. The minimum absolute atomic E-state index is 0. The number of fused-ring (bicyclic) bond motifs is 1. The van der Waals surface area contributed by atoms with E-state index in [1.165, 1.54) is 5.56 Å². The number of carbonyl (C=O) groups excluding carboxylic acids is 1. The zero-order chi connectivity index (χ0) is 15.8. The van der Waals surface area contributed by atoms with E-state index >= 15 is 0 Å². The van der Waals surface area contributed by atoms with E-state index in [2.05, 4.69) is 28.6 Å². The highest BCUT2D eigenvalue weighted by molar-refractivity contribution is 14.0. The number of benzene rings is 1. The highest BCUT2D eigenvalue weighted by atomic mass is 127. The molecule has 0 aliphatic carbocycles. The van der Waals surface area contributed by atoms with Gasteiger partial charge in [-0.1, -0.05) is 25.1 Å². The van der Waals surface area contributed by atoms with E-state index in [4.69, 9.17) is 0 Å². The molecule has 0 saturated heterocycles. The number of nitrogens with zero attached hydrogens (tertiary/aromatic N) is 2. The van der Waals surface area contributed by atoms with E-state index < -0.39 is 0 Å². The summed E-state index contributed by atoms with van der Waals surface area (Å²) in [7, 11) is 0. The van der Waals surface area contributed by atoms with Crippen LogP contribution in [0, 0.1) is 0 Å². The molecule has 2 rings (SSSR count). The Bertz CT molecular complexity index is 533. The third-order valence-corrected chi connectivity index (χ3v) is 3.67. The van der Waals surface area contributed by atoms with Crippen molar-refractivity contribution in [2.45, 2.75) is 33.1 Å². The molecule has 1 aromatic carbocycles. The lowest BCUT2D eigenvalue weighted by molar-refractivity contribution is -0.117. The molecule has 23 heavy (non-hydrogen) atoms. The van der Waals surface area contributed by atoms with Gasteiger partial charge in [-0.2, -0.15) is 0 Å². The number of amides is 1. The van der Waals surface area contributed by atoms with Crippen LogP contribution in [0.2, 0.25) is 0 Å². The Labute approximate surface area is 156 Å². The van der Waals surface area contributed by atoms with Gasteiger partial charge in [-0.05, 0) is 37.8 Å². The SMILES string of the molecule is CCCNC(=NCC(=O)N1CCCc2ccccc21)NCC.I. The number of aryl methyl sites for hydroxylation is 1. The summed E-state index contributed by atoms with van der Waals surface area (Å²) in [6.07, 6.45) is 3.09. The summed E-state index contributed by atoms with van der Waals surface area (Å²) < 4.78 is 0. The Balaban J connectivity index is 0.00000264. The minimum atomic E-state index is 0. The maximum atomic E-state index is 12.5. The van der Waals surface area contributed by atoms with Crippen LogP contribution in [0.1, 0.15) is 32.3 Å². The average molecular weight is 430 g/mol. The first-order valence-corrected chi connectivity index (χ1v) is 8.16. The molecule has 0 atom stereocenters. The summed E-state index contributed by atoms with van der Waals surface area (Å²) in [6.45, 7) is 6.72. The van der Waals surface area contributed by atoms with E-state index in [0.29, 0.717) is 5.96 Å². The smallest absolute Gasteiger partial charge is 0.248 e. The van der Waals surface area contributed by atoms with Crippen molar-refractivity contribution in [2.75, 3.05) is 31.1 Å². The fourth-order valence-corrected chi connectivity index (χ4v) is 2.61. The molecule has 1 aliphatic heterocycles. The summed E-state index contributed by atoms with van der Waals surface area (Å²) in [6, 6.07) is 8.14. The largest absolute Gasteiger partial charge is 0.357 e. The van der Waals surface area contributed by atoms with Crippen molar-refractivity contribution in [3.05, 3.63) is 29.8 Å². The van der Waals surface area contributed by atoms with E-state index in [1.807, 2.05) is 30.0 Å². The van der Waals surface area contributed by atoms with Gasteiger partial charge in [0.05, 0.1) is 0 Å². The third-order valence-electron chi connectivity index (χ3n) is 3.67. The highest BCUT2D eigenvalue weighted by Gasteiger charge is 2.21. The topological polar surface area (TPSA) is 56.7 Å². The third kappa shape index (κ3) is 5.67. The predicted octanol–water partition coefficient (Wildman–Crippen LogP) is 2.55. The minimum Gasteiger partial charge on any atom is -0.357 e. The lowest BCUT2D eigenvalue weighted by Crippen LogP contribution is -2.40. The highest BCUT2D eigenvalue weighted by Crippen LogP contribution is 2.26. The second kappa shape index (κ2) is 10.5. The van der Waals surface area contributed by atoms with Gasteiger partial charge in [0.2, 0.25) is 5.91 Å². The molecule has 0 aromatic heterocycles. The number of rotatable bonds is 5. The van der Waals surface area contributed by atoms with Crippen LogP contribution in [-0.2, 0) is 11.2 Å². The molecule has 0 unspecified atom stereocenters. The van der Waals surface area contributed by atoms with Crippen LogP contribution in [0.25, 0.3) is 0 Å². The molecule has 1 aliphatic rings. The van der Waals surface area contributed by atoms with Gasteiger partial charge in [-0.25, -0.2) is 4.99 Å². The summed E-state index contributed by atoms with van der Waals surface area (Å²) in [5.74, 6) is 0.767. The molecule has 6 heteroatoms. The van der Waals surface area contributed by atoms with Gasteiger partial charge in [-0.15, -0.1) is 24.0 Å². The van der Waals surface area contributed by atoms with Crippen LogP contribution in [0.5, 0.6) is 0 Å². The Morgan fingerprint density at radius 3 is 2.78 bits per heavy atom. The second-order valence-corrected chi connectivity index (χ2v) is 5.40. The van der Waals surface area contributed by atoms with Crippen LogP contribution >= 0.6 is 24.0 Å². The number of carbonyl (C=O) groups is 1. The van der Waals surface area contributed by atoms with Gasteiger partial charge < -0.3 is 15.5 Å². The number of hydrogen-bond acceptors (Lipinski definition) is 2. The van der Waals surface area contributed by atoms with E-state index in [0.717, 1.165) is 44.6 Å². The summed E-state index contributed by atoms with van der Waals surface area (Å²) in [5.41, 5.74) is 2.29. The first kappa shape index (κ1) is 19.7. The van der Waals surface area contributed by atoms with Gasteiger partial charge in [0.1, 0.15) is 6.54 Å². The van der Waals surface area contributed by atoms with Crippen LogP contribution in [-0.4, -0.2) is 38.0 Å². The Morgan fingerprint density at radius 2 is 2.04 bits per heavy atom. The molecule has 5 nitrogen and oxygen atoms in total. The number of aliphatic imine (C=N–C) groups is 1. The van der Waals surface area contributed by atoms with Crippen molar-refractivity contribution in [2.24, 2.45) is 4.99 Å². The zero-order valence-electron chi connectivity index (χ0n) is 14.0. The number of anilines is 1. The Kier molecular flexibility index (Phi) is 8.98. The first-order valence-electron chi connectivity index (χ1n) is 8.16. The molecule has 0 saturated carbocycles. The molecular weight excluding hydrogens is 403 g/mol. The van der Waals surface area contributed by atoms with Crippen molar-refractivity contribution >= 4 is 41.5 Å². The van der Waals surface area contributed by atoms with Gasteiger partial charge in [-0.3, -0.25) is 4.79 Å². The molecule has 0 radical (unpaired) electrons. The molecule has 0 fully saturated rings. The number of nitrogens with one attached hydrogen (secondary N) is 2. The standard InChI is InChI=1S/C17H26N4O.HI/c1-3-11-19-17(18-4-2)20-13-16(22)21-12-7-9-14-8-5-6-10-15(14)21;/h5-6,8,10H,3-4,7,9,11-13H2,1-2H3,(H2,18,19,20);1H. The molecule has 0 bridgehead atoms. The maximum absolute atomic E-state index is 12.5. The quantitative estimate of drug-likeness (QED) is 0.429. The van der Waals surface area contributed by atoms with Gasteiger partial charge in [0.25, 0.3) is 0 Å². The van der Waals surface area contributed by atoms with Gasteiger partial charge in [0.15, 0.2) is 5.96 Å². The normalized spacial score (nSPS) is 13.8. The second-order valence-electron chi connectivity index (χ2n) is 5.40. The van der Waals surface area contributed by atoms with E-state index in [9.17, 15) is 4.79 Å². The number of para-hydroxylation sites is 1. The average Bonchev–Trinajstić information content (AvgIpc) is 2.56. The van der Waals surface area contributed by atoms with E-state index in [1.54, 1.807) is 0 Å². The molecule has 0 spiro atoms. The number of halogens is 1. The lowest BCUT2D eigenvalue weighted by Gasteiger charge is -2.29. The predicted molar refractivity (Wildman–Crippen MR) is 107 cm³/mol. The molecule has 1 heterocycles. The van der Waals surface area contributed by atoms with Gasteiger partial charge >= 0.3 is 0 Å². The summed E-state index contributed by atoms with van der Waals surface area (Å²) >= 11 is 0. The van der Waals surface area contributed by atoms with E-state index in [-0.39, 0.29) is 36.4 Å². The van der Waals surface area contributed by atoms with Crippen LogP contribution < -0.4 is 15.5 Å². The van der Waals surface area contributed by atoms with Crippen molar-refractivity contribution < 1.29 is 4.79 Å². The fourth-order valence-electron chi connectivity index (χ4n) is 2.61. The lowest BCUT2D eigenvalue weighted by atomic mass is 10.0. The van der Waals surface area contributed by atoms with Crippen LogP contribution in [0.4, 0.5) is 5.69 Å². The molecular formula is C17H27IN4O. The van der Waals surface area contributed by atoms with Crippen molar-refractivity contribution in [1.29, 1.82) is 0 Å². The fraction of sp³-hybridized carbons (Fsp3) is 0.529. The monoisotopic (exact) mass is 430 g/mol. The van der Waals surface area contributed by atoms with Crippen molar-refractivity contribution in [3.8, 4) is 0 Å².